The minimum Gasteiger partial charge on any atom is -0.378 e. The highest BCUT2D eigenvalue weighted by atomic mass is 19.3. The van der Waals surface area contributed by atoms with Crippen LogP contribution in [0.25, 0.3) is 16.7 Å². The lowest BCUT2D eigenvalue weighted by atomic mass is 9.85. The number of aryl methyl sites for hydroxylation is 2. The molecule has 3 saturated heterocycles. The van der Waals surface area contributed by atoms with Crippen molar-refractivity contribution in [2.24, 2.45) is 13.0 Å². The summed E-state index contributed by atoms with van der Waals surface area (Å²) in [6, 6.07) is 6.93. The number of hydrogen-bond donors (Lipinski definition) is 1. The molecule has 0 unspecified atom stereocenters. The number of nitrogens with zero attached hydrogens (tertiary/aromatic N) is 9. The predicted octanol–water partition coefficient (Wildman–Crippen LogP) is 4.60. The topological polar surface area (TPSA) is 163 Å². The zero-order valence-corrected chi connectivity index (χ0v) is 35.1. The van der Waals surface area contributed by atoms with Gasteiger partial charge < -0.3 is 19.3 Å². The Morgan fingerprint density at radius 3 is 2.53 bits per heavy atom. The number of aromatic nitrogens is 7. The molecule has 4 aromatic heterocycles. The van der Waals surface area contributed by atoms with E-state index in [1.807, 2.05) is 24.3 Å². The number of likely N-dealkylation sites (tertiary alicyclic amines) is 1. The van der Waals surface area contributed by atoms with Gasteiger partial charge in [0.1, 0.15) is 17.6 Å². The number of fused-ring (bicyclic) bond motifs is 2. The number of amides is 2. The summed E-state index contributed by atoms with van der Waals surface area (Å²) in [7, 11) is 1.73. The van der Waals surface area contributed by atoms with Gasteiger partial charge in [-0.15, -0.1) is 0 Å². The Morgan fingerprint density at radius 2 is 1.77 bits per heavy atom. The van der Waals surface area contributed by atoms with Crippen molar-refractivity contribution in [3.05, 3.63) is 75.7 Å². The summed E-state index contributed by atoms with van der Waals surface area (Å²) in [4.78, 5) is 60.5. The van der Waals surface area contributed by atoms with E-state index in [9.17, 15) is 28.0 Å². The minimum atomic E-state index is -2.80. The highest BCUT2D eigenvalue weighted by Gasteiger charge is 2.33. The van der Waals surface area contributed by atoms with Crippen LogP contribution < -0.4 is 15.9 Å². The second-order valence-electron chi connectivity index (χ2n) is 17.2. The summed E-state index contributed by atoms with van der Waals surface area (Å²) in [5.74, 6) is 0.163. The second kappa shape index (κ2) is 18.2. The average Bonchev–Trinajstić information content (AvgIpc) is 3.98. The molecule has 1 saturated carbocycles. The van der Waals surface area contributed by atoms with Gasteiger partial charge in [-0.2, -0.15) is 10.2 Å². The van der Waals surface area contributed by atoms with Crippen molar-refractivity contribution in [2.75, 3.05) is 57.4 Å². The lowest BCUT2D eigenvalue weighted by Crippen LogP contribution is -2.44. The van der Waals surface area contributed by atoms with Gasteiger partial charge in [0.15, 0.2) is 11.4 Å². The summed E-state index contributed by atoms with van der Waals surface area (Å²) in [6.07, 6.45) is 9.64. The molecule has 1 aromatic carbocycles. The monoisotopic (exact) mass is 856 g/mol. The summed E-state index contributed by atoms with van der Waals surface area (Å²) >= 11 is 0. The van der Waals surface area contributed by atoms with Crippen LogP contribution in [0, 0.1) is 5.92 Å². The number of piperidine rings is 2. The molecule has 4 aliphatic rings. The van der Waals surface area contributed by atoms with E-state index >= 15 is 0 Å². The first-order chi connectivity index (χ1) is 30.1. The molecule has 7 heterocycles. The van der Waals surface area contributed by atoms with Crippen molar-refractivity contribution in [3.63, 3.8) is 0 Å². The number of imidazole rings is 1. The number of anilines is 1. The van der Waals surface area contributed by atoms with Crippen LogP contribution in [0.15, 0.2) is 47.7 Å². The summed E-state index contributed by atoms with van der Waals surface area (Å²) in [5.41, 5.74) is 2.86. The number of rotatable bonds is 14. The van der Waals surface area contributed by atoms with Gasteiger partial charge in [-0.1, -0.05) is 12.1 Å². The molecular weight excluding hydrogens is 803 g/mol. The van der Waals surface area contributed by atoms with Crippen molar-refractivity contribution in [2.45, 2.75) is 95.2 Å². The molecule has 1 N–H and O–H groups in total. The van der Waals surface area contributed by atoms with Crippen LogP contribution in [-0.4, -0.2) is 115 Å². The third-order valence-corrected chi connectivity index (χ3v) is 13.3. The minimum absolute atomic E-state index is 0.00330. The number of nitrogens with one attached hydrogen (secondary N) is 1. The number of benzene rings is 1. The fourth-order valence-corrected chi connectivity index (χ4v) is 9.92. The first-order valence-electron chi connectivity index (χ1n) is 22.0. The van der Waals surface area contributed by atoms with Crippen LogP contribution in [-0.2, 0) is 39.0 Å². The average molecular weight is 857 g/mol. The molecule has 5 aromatic rings. The molecule has 2 amide bonds. The fourth-order valence-electron chi connectivity index (χ4n) is 9.92. The van der Waals surface area contributed by atoms with Gasteiger partial charge >= 0.3 is 5.69 Å². The molecule has 1 aliphatic carbocycles. The van der Waals surface area contributed by atoms with Crippen molar-refractivity contribution >= 4 is 40.1 Å². The number of halogens is 2. The third-order valence-electron chi connectivity index (χ3n) is 13.3. The van der Waals surface area contributed by atoms with E-state index < -0.39 is 18.4 Å². The Labute approximate surface area is 357 Å². The van der Waals surface area contributed by atoms with E-state index in [1.165, 1.54) is 15.3 Å². The van der Waals surface area contributed by atoms with Crippen molar-refractivity contribution < 1.29 is 32.6 Å². The molecule has 0 bridgehead atoms. The third kappa shape index (κ3) is 8.68. The molecule has 62 heavy (non-hydrogen) atoms. The van der Waals surface area contributed by atoms with Crippen LogP contribution >= 0.6 is 0 Å². The number of imide groups is 1. The zero-order valence-electron chi connectivity index (χ0n) is 35.1. The van der Waals surface area contributed by atoms with Crippen LogP contribution in [0.5, 0.6) is 0 Å². The van der Waals surface area contributed by atoms with Crippen molar-refractivity contribution in [1.29, 1.82) is 0 Å². The smallest absolute Gasteiger partial charge is 0.329 e. The van der Waals surface area contributed by atoms with Crippen LogP contribution in [0.3, 0.4) is 0 Å². The molecule has 4 fully saturated rings. The lowest BCUT2D eigenvalue weighted by molar-refractivity contribution is -0.135. The van der Waals surface area contributed by atoms with Crippen LogP contribution in [0.2, 0.25) is 0 Å². The van der Waals surface area contributed by atoms with Gasteiger partial charge in [0, 0.05) is 77.2 Å². The van der Waals surface area contributed by atoms with E-state index in [4.69, 9.17) is 14.5 Å². The first kappa shape index (κ1) is 42.0. The SMILES string of the molecule is Cn1c(=O)n([C@H]2CCC(=O)NC2=O)c2cccc(CCCOC3CCN(CC4CCC(n5cc(CC(=O)c6cnn7ccc(N8CCOCC8)nc67)c(C(F)F)n5)CC4)CC3)c21. The summed E-state index contributed by atoms with van der Waals surface area (Å²) in [6.45, 7) is 6.12. The highest BCUT2D eigenvalue weighted by Crippen LogP contribution is 2.35. The zero-order chi connectivity index (χ0) is 42.9. The van der Waals surface area contributed by atoms with Crippen molar-refractivity contribution in [1.82, 2.24) is 43.7 Å². The Morgan fingerprint density at radius 1 is 0.984 bits per heavy atom. The van der Waals surface area contributed by atoms with Gasteiger partial charge in [0.2, 0.25) is 11.8 Å². The molecule has 18 heteroatoms. The van der Waals surface area contributed by atoms with Crippen LogP contribution in [0.1, 0.15) is 103 Å². The van der Waals surface area contributed by atoms with E-state index in [2.05, 4.69) is 25.3 Å². The number of carbonyl (C=O) groups is 3. The number of Topliss-reactive ketones (excluding diaryl/α,β-unsaturated/α-hetero) is 1. The molecule has 3 aliphatic heterocycles. The lowest BCUT2D eigenvalue weighted by Gasteiger charge is -2.36. The Balaban J connectivity index is 0.729. The van der Waals surface area contributed by atoms with Gasteiger partial charge in [-0.25, -0.2) is 23.1 Å². The Kier molecular flexibility index (Phi) is 12.3. The number of hydrogen-bond acceptors (Lipinski definition) is 11. The van der Waals surface area contributed by atoms with Crippen LogP contribution in [0.4, 0.5) is 14.6 Å². The second-order valence-corrected chi connectivity index (χ2v) is 17.2. The summed E-state index contributed by atoms with van der Waals surface area (Å²) in [5, 5.41) is 11.0. The quantitative estimate of drug-likeness (QED) is 0.0944. The number of carbonyl (C=O) groups excluding carboxylic acids is 3. The van der Waals surface area contributed by atoms with E-state index in [-0.39, 0.29) is 53.6 Å². The van der Waals surface area contributed by atoms with Gasteiger partial charge in [0.25, 0.3) is 6.43 Å². The van der Waals surface area contributed by atoms with E-state index in [0.29, 0.717) is 62.0 Å². The van der Waals surface area contributed by atoms with Gasteiger partial charge in [-0.05, 0) is 81.4 Å². The van der Waals surface area contributed by atoms with Crippen molar-refractivity contribution in [3.8, 4) is 0 Å². The van der Waals surface area contributed by atoms with E-state index in [1.54, 1.807) is 28.7 Å². The number of ether oxygens (including phenoxy) is 2. The number of morpholine rings is 1. The summed E-state index contributed by atoms with van der Waals surface area (Å²) < 4.78 is 46.7. The van der Waals surface area contributed by atoms with Gasteiger partial charge in [-0.3, -0.25) is 33.5 Å². The number of ketones is 1. The molecule has 0 spiro atoms. The molecule has 330 valence electrons. The first-order valence-corrected chi connectivity index (χ1v) is 22.0. The fraction of sp³-hybridized carbons (Fsp3) is 0.568. The Hall–Kier alpha value is -5.33. The molecular formula is C44H54F2N10O6. The maximum absolute atomic E-state index is 14.3. The molecule has 0 radical (unpaired) electrons. The highest BCUT2D eigenvalue weighted by molar-refractivity contribution is 6.02. The standard InChI is InChI=1S/C44H54F2N10O6/c1-51-40-29(4-2-6-34(40)56(44(51)60)35-11-12-38(58)49-43(35)59)5-3-21-62-32-13-16-52(17-14-32)26-28-7-9-31(10-8-28)55-27-30(39(50-55)41(45)46)24-36(57)33-25-47-54-18-15-37(48-42(33)54)53-19-22-61-23-20-53/h2,4,6,15,18,25,27-28,31-32,35,41H,3,5,7-14,16-17,19-24,26H2,1H3,(H,49,58,59)/t28?,31?,35-/m0/s1. The molecule has 1 atom stereocenters. The maximum atomic E-state index is 14.3. The molecule has 9 rings (SSSR count). The van der Waals surface area contributed by atoms with Gasteiger partial charge in [0.05, 0.1) is 48.2 Å². The number of alkyl halides is 2. The Bertz CT molecular complexity index is 2490. The largest absolute Gasteiger partial charge is 0.378 e. The predicted molar refractivity (Wildman–Crippen MR) is 225 cm³/mol. The molecule has 16 nitrogen and oxygen atoms in total. The number of para-hydroxylation sites is 1. The maximum Gasteiger partial charge on any atom is 0.329 e. The van der Waals surface area contributed by atoms with E-state index in [0.717, 1.165) is 87.9 Å². The normalized spacial score (nSPS) is 22.0.